The fraction of sp³-hybridized carbons (Fsp3) is 0.800. The van der Waals surface area contributed by atoms with Gasteiger partial charge < -0.3 is 10.1 Å². The number of β-lactam (4-membered cyclic amide) rings is 1. The Labute approximate surface area is 83.0 Å². The molecule has 4 heteroatoms. The molecule has 0 aromatic rings. The number of rotatable bonds is 1. The largest absolute Gasteiger partial charge is 0.469 e. The van der Waals surface area contributed by atoms with Gasteiger partial charge in [-0.25, -0.2) is 0 Å². The van der Waals surface area contributed by atoms with Gasteiger partial charge in [0.05, 0.1) is 13.0 Å². The van der Waals surface area contributed by atoms with Crippen molar-refractivity contribution in [3.8, 4) is 0 Å². The first kappa shape index (κ1) is 9.49. The lowest BCUT2D eigenvalue weighted by atomic mass is 9.70. The van der Waals surface area contributed by atoms with Crippen molar-refractivity contribution in [2.24, 2.45) is 5.92 Å². The Bertz CT molecular complexity index is 267. The summed E-state index contributed by atoms with van der Waals surface area (Å²) in [5, 5.41) is 2.92. The van der Waals surface area contributed by atoms with Gasteiger partial charge in [-0.2, -0.15) is 0 Å². The average molecular weight is 197 g/mol. The van der Waals surface area contributed by atoms with Crippen LogP contribution in [0.2, 0.25) is 0 Å². The zero-order chi connectivity index (χ0) is 10.2. The highest BCUT2D eigenvalue weighted by molar-refractivity contribution is 5.85. The number of carbonyl (C=O) groups is 2. The van der Waals surface area contributed by atoms with Crippen molar-refractivity contribution >= 4 is 11.9 Å². The molecule has 1 aliphatic heterocycles. The van der Waals surface area contributed by atoms with Gasteiger partial charge in [0.15, 0.2) is 0 Å². The van der Waals surface area contributed by atoms with E-state index in [1.807, 2.05) is 0 Å². The van der Waals surface area contributed by atoms with Crippen LogP contribution in [0.4, 0.5) is 0 Å². The second-order valence-corrected chi connectivity index (χ2v) is 4.32. The quantitative estimate of drug-likeness (QED) is 0.495. The van der Waals surface area contributed by atoms with E-state index in [0.717, 1.165) is 25.7 Å². The minimum atomic E-state index is -0.134. The van der Waals surface area contributed by atoms with Crippen molar-refractivity contribution in [3.05, 3.63) is 0 Å². The minimum absolute atomic E-state index is 0.0191. The van der Waals surface area contributed by atoms with Gasteiger partial charge in [-0.1, -0.05) is 6.42 Å². The van der Waals surface area contributed by atoms with E-state index < -0.39 is 0 Å². The molecule has 0 aromatic heterocycles. The van der Waals surface area contributed by atoms with Crippen LogP contribution in [0.25, 0.3) is 0 Å². The second-order valence-electron chi connectivity index (χ2n) is 4.32. The molecule has 14 heavy (non-hydrogen) atoms. The number of nitrogens with one attached hydrogen (secondary N) is 1. The Balaban J connectivity index is 1.98. The number of ether oxygens (including phenoxy) is 1. The van der Waals surface area contributed by atoms with Crippen LogP contribution in [0.3, 0.4) is 0 Å². The lowest BCUT2D eigenvalue weighted by Gasteiger charge is -2.46. The molecule has 1 saturated carbocycles. The first-order valence-electron chi connectivity index (χ1n) is 5.04. The molecule has 78 valence electrons. The van der Waals surface area contributed by atoms with E-state index in [2.05, 4.69) is 5.32 Å². The molecular weight excluding hydrogens is 182 g/mol. The molecule has 1 heterocycles. The number of methoxy groups -OCH3 is 1. The van der Waals surface area contributed by atoms with Gasteiger partial charge in [-0.15, -0.1) is 0 Å². The molecule has 2 unspecified atom stereocenters. The molecule has 1 aliphatic carbocycles. The summed E-state index contributed by atoms with van der Waals surface area (Å²) in [6.45, 7) is 0. The van der Waals surface area contributed by atoms with Crippen LogP contribution in [0, 0.1) is 5.92 Å². The Kier molecular flexibility index (Phi) is 2.21. The summed E-state index contributed by atoms with van der Waals surface area (Å²) in [6.07, 6.45) is 4.24. The maximum absolute atomic E-state index is 11.3. The van der Waals surface area contributed by atoms with Crippen molar-refractivity contribution in [1.82, 2.24) is 5.32 Å². The predicted molar refractivity (Wildman–Crippen MR) is 49.5 cm³/mol. The summed E-state index contributed by atoms with van der Waals surface area (Å²) in [4.78, 5) is 22.2. The zero-order valence-electron chi connectivity index (χ0n) is 8.34. The van der Waals surface area contributed by atoms with E-state index in [1.165, 1.54) is 7.11 Å². The lowest BCUT2D eigenvalue weighted by molar-refractivity contribution is -0.150. The molecule has 1 amide bonds. The van der Waals surface area contributed by atoms with Crippen molar-refractivity contribution in [2.75, 3.05) is 7.11 Å². The normalized spacial score (nSPS) is 36.1. The molecule has 1 N–H and O–H groups in total. The maximum Gasteiger partial charge on any atom is 0.308 e. The van der Waals surface area contributed by atoms with Crippen LogP contribution >= 0.6 is 0 Å². The fourth-order valence-corrected chi connectivity index (χ4v) is 2.59. The summed E-state index contributed by atoms with van der Waals surface area (Å²) < 4.78 is 4.73. The molecule has 4 nitrogen and oxygen atoms in total. The molecule has 2 fully saturated rings. The van der Waals surface area contributed by atoms with Crippen molar-refractivity contribution < 1.29 is 14.3 Å². The first-order chi connectivity index (χ1) is 6.65. The minimum Gasteiger partial charge on any atom is -0.469 e. The smallest absolute Gasteiger partial charge is 0.308 e. The van der Waals surface area contributed by atoms with E-state index in [9.17, 15) is 9.59 Å². The molecular formula is C10H15NO3. The average Bonchev–Trinajstić information content (AvgIpc) is 2.15. The number of hydrogen-bond donors (Lipinski definition) is 1. The highest BCUT2D eigenvalue weighted by Crippen LogP contribution is 2.39. The molecule has 1 saturated heterocycles. The zero-order valence-corrected chi connectivity index (χ0v) is 8.34. The first-order valence-corrected chi connectivity index (χ1v) is 5.04. The van der Waals surface area contributed by atoms with Crippen LogP contribution in [-0.2, 0) is 14.3 Å². The van der Waals surface area contributed by atoms with Gasteiger partial charge in [-0.3, -0.25) is 9.59 Å². The summed E-state index contributed by atoms with van der Waals surface area (Å²) in [5.74, 6) is -0.0462. The van der Waals surface area contributed by atoms with Gasteiger partial charge in [0, 0.05) is 12.0 Å². The number of amides is 1. The summed E-state index contributed by atoms with van der Waals surface area (Å²) in [6, 6.07) is 0. The molecule has 0 aromatic carbocycles. The van der Waals surface area contributed by atoms with E-state index in [0.29, 0.717) is 6.42 Å². The highest BCUT2D eigenvalue weighted by Gasteiger charge is 2.47. The van der Waals surface area contributed by atoms with E-state index in [1.54, 1.807) is 0 Å². The molecule has 2 atom stereocenters. The van der Waals surface area contributed by atoms with Crippen LogP contribution in [0.1, 0.15) is 32.1 Å². The molecule has 1 spiro atoms. The van der Waals surface area contributed by atoms with E-state index in [4.69, 9.17) is 4.74 Å². The van der Waals surface area contributed by atoms with Gasteiger partial charge in [0.25, 0.3) is 0 Å². The van der Waals surface area contributed by atoms with Crippen LogP contribution in [-0.4, -0.2) is 24.5 Å². The number of carbonyl (C=O) groups excluding carboxylic acids is 2. The third-order valence-corrected chi connectivity index (χ3v) is 3.28. The SMILES string of the molecule is COC(=O)C1CCCC2(CC(=O)N2)C1. The van der Waals surface area contributed by atoms with Crippen LogP contribution in [0.15, 0.2) is 0 Å². The molecule has 2 aliphatic rings. The van der Waals surface area contributed by atoms with Gasteiger partial charge in [0.2, 0.25) is 5.91 Å². The monoisotopic (exact) mass is 197 g/mol. The Morgan fingerprint density at radius 3 is 2.93 bits per heavy atom. The topological polar surface area (TPSA) is 55.4 Å². The van der Waals surface area contributed by atoms with Gasteiger partial charge in [-0.05, 0) is 19.3 Å². The maximum atomic E-state index is 11.3. The summed E-state index contributed by atoms with van der Waals surface area (Å²) >= 11 is 0. The third-order valence-electron chi connectivity index (χ3n) is 3.28. The Morgan fingerprint density at radius 2 is 2.36 bits per heavy atom. The third kappa shape index (κ3) is 1.49. The van der Waals surface area contributed by atoms with Gasteiger partial charge in [0.1, 0.15) is 0 Å². The van der Waals surface area contributed by atoms with Crippen LogP contribution < -0.4 is 5.32 Å². The standard InChI is InChI=1S/C10H15NO3/c1-14-9(13)7-3-2-4-10(5-7)6-8(12)11-10/h7H,2-6H2,1H3,(H,11,12). The van der Waals surface area contributed by atoms with E-state index in [-0.39, 0.29) is 23.3 Å². The fourth-order valence-electron chi connectivity index (χ4n) is 2.59. The highest BCUT2D eigenvalue weighted by atomic mass is 16.5. The van der Waals surface area contributed by atoms with E-state index >= 15 is 0 Å². The lowest BCUT2D eigenvalue weighted by Crippen LogP contribution is -2.63. The summed E-state index contributed by atoms with van der Waals surface area (Å²) in [7, 11) is 1.42. The van der Waals surface area contributed by atoms with Crippen molar-refractivity contribution in [3.63, 3.8) is 0 Å². The Morgan fingerprint density at radius 1 is 1.64 bits per heavy atom. The number of esters is 1. The molecule has 0 bridgehead atoms. The Hall–Kier alpha value is -1.06. The second kappa shape index (κ2) is 3.26. The van der Waals surface area contributed by atoms with Crippen LogP contribution in [0.5, 0.6) is 0 Å². The molecule has 2 rings (SSSR count). The van der Waals surface area contributed by atoms with Crippen molar-refractivity contribution in [2.45, 2.75) is 37.6 Å². The predicted octanol–water partition coefficient (Wildman–Crippen LogP) is 0.608. The number of hydrogen-bond acceptors (Lipinski definition) is 3. The summed E-state index contributed by atoms with van der Waals surface area (Å²) in [5.41, 5.74) is -0.0752. The molecule has 0 radical (unpaired) electrons. The van der Waals surface area contributed by atoms with Gasteiger partial charge >= 0.3 is 5.97 Å². The van der Waals surface area contributed by atoms with Crippen molar-refractivity contribution in [1.29, 1.82) is 0 Å².